The van der Waals surface area contributed by atoms with E-state index in [2.05, 4.69) is 29.6 Å². The fourth-order valence-electron chi connectivity index (χ4n) is 3.67. The first-order valence-corrected chi connectivity index (χ1v) is 10.7. The summed E-state index contributed by atoms with van der Waals surface area (Å²) in [5.41, 5.74) is 2.14. The molecule has 6 heteroatoms. The summed E-state index contributed by atoms with van der Waals surface area (Å²) in [5, 5.41) is 3.64. The first-order chi connectivity index (χ1) is 12.5. The molecule has 1 aromatic carbocycles. The smallest absolute Gasteiger partial charge is 0.275 e. The predicted molar refractivity (Wildman–Crippen MR) is 102 cm³/mol. The van der Waals surface area contributed by atoms with Crippen molar-refractivity contribution < 1.29 is 12.8 Å². The zero-order chi connectivity index (χ0) is 18.6. The monoisotopic (exact) mass is 376 g/mol. The number of hydrogen-bond donors (Lipinski definition) is 1. The van der Waals surface area contributed by atoms with Crippen LogP contribution in [0.3, 0.4) is 0 Å². The predicted octanol–water partition coefficient (Wildman–Crippen LogP) is 3.94. The molecule has 26 heavy (non-hydrogen) atoms. The minimum atomic E-state index is -3.53. The largest absolute Gasteiger partial charge is 0.451 e. The maximum atomic E-state index is 12.2. The molecule has 0 saturated heterocycles. The average Bonchev–Trinajstić information content (AvgIpc) is 3.13. The standard InChI is InChI=1S/C20H28N2O3S/c1-22(2)26(23,24)19-13-16(15-25-19)14-21-20(17-9-5-3-6-10-17)18-11-7-4-8-12-18/h3,5-6,9-10,13,15,18,20-21H,4,7-8,11-12,14H2,1-2H3/t20-/m0/s1. The summed E-state index contributed by atoms with van der Waals surface area (Å²) < 4.78 is 30.8. The summed E-state index contributed by atoms with van der Waals surface area (Å²) in [6, 6.07) is 12.4. The highest BCUT2D eigenvalue weighted by Gasteiger charge is 2.26. The Bertz CT molecular complexity index is 793. The lowest BCUT2D eigenvalue weighted by molar-refractivity contribution is 0.270. The molecule has 1 aliphatic rings. The molecule has 1 aromatic heterocycles. The average molecular weight is 377 g/mol. The molecule has 1 aliphatic carbocycles. The van der Waals surface area contributed by atoms with E-state index in [1.807, 2.05) is 6.07 Å². The van der Waals surface area contributed by atoms with Gasteiger partial charge in [-0.15, -0.1) is 0 Å². The summed E-state index contributed by atoms with van der Waals surface area (Å²) in [4.78, 5) is 0. The molecule has 1 N–H and O–H groups in total. The van der Waals surface area contributed by atoms with Crippen molar-refractivity contribution >= 4 is 10.0 Å². The highest BCUT2D eigenvalue weighted by molar-refractivity contribution is 7.88. The number of rotatable bonds is 7. The van der Waals surface area contributed by atoms with Crippen LogP contribution in [0.4, 0.5) is 0 Å². The molecule has 0 bridgehead atoms. The van der Waals surface area contributed by atoms with Crippen molar-refractivity contribution in [1.29, 1.82) is 0 Å². The number of benzene rings is 1. The van der Waals surface area contributed by atoms with Crippen LogP contribution in [0, 0.1) is 5.92 Å². The first-order valence-electron chi connectivity index (χ1n) is 9.27. The molecule has 0 radical (unpaired) electrons. The summed E-state index contributed by atoms with van der Waals surface area (Å²) >= 11 is 0. The van der Waals surface area contributed by atoms with Crippen molar-refractivity contribution in [2.75, 3.05) is 14.1 Å². The Morgan fingerprint density at radius 2 is 1.85 bits per heavy atom. The van der Waals surface area contributed by atoms with E-state index in [0.717, 1.165) is 9.87 Å². The maximum Gasteiger partial charge on any atom is 0.275 e. The van der Waals surface area contributed by atoms with Crippen LogP contribution < -0.4 is 5.32 Å². The van der Waals surface area contributed by atoms with E-state index in [9.17, 15) is 8.42 Å². The van der Waals surface area contributed by atoms with Crippen LogP contribution in [-0.4, -0.2) is 26.8 Å². The first kappa shape index (κ1) is 19.1. The van der Waals surface area contributed by atoms with Gasteiger partial charge in [0.1, 0.15) is 0 Å². The Balaban J connectivity index is 1.73. The third-order valence-corrected chi connectivity index (χ3v) is 6.85. The molecular formula is C20H28N2O3S. The van der Waals surface area contributed by atoms with Crippen LogP contribution in [0.1, 0.15) is 49.3 Å². The second-order valence-corrected chi connectivity index (χ2v) is 9.31. The van der Waals surface area contributed by atoms with Gasteiger partial charge in [0.2, 0.25) is 5.09 Å². The van der Waals surface area contributed by atoms with E-state index >= 15 is 0 Å². The fourth-order valence-corrected chi connectivity index (χ4v) is 4.50. The number of nitrogens with one attached hydrogen (secondary N) is 1. The fraction of sp³-hybridized carbons (Fsp3) is 0.500. The Hall–Kier alpha value is -1.63. The normalized spacial score (nSPS) is 17.5. The Kier molecular flexibility index (Phi) is 6.16. The summed E-state index contributed by atoms with van der Waals surface area (Å²) in [5.74, 6) is 0.614. The maximum absolute atomic E-state index is 12.2. The third-order valence-electron chi connectivity index (χ3n) is 5.17. The van der Waals surface area contributed by atoms with Crippen LogP contribution in [0.2, 0.25) is 0 Å². The minimum Gasteiger partial charge on any atom is -0.451 e. The van der Waals surface area contributed by atoms with Crippen molar-refractivity contribution in [3.63, 3.8) is 0 Å². The van der Waals surface area contributed by atoms with Crippen molar-refractivity contribution in [3.8, 4) is 0 Å². The van der Waals surface area contributed by atoms with Crippen molar-refractivity contribution in [1.82, 2.24) is 9.62 Å². The molecule has 1 saturated carbocycles. The molecule has 5 nitrogen and oxygen atoms in total. The molecule has 3 rings (SSSR count). The van der Waals surface area contributed by atoms with E-state index in [-0.39, 0.29) is 11.1 Å². The van der Waals surface area contributed by atoms with Gasteiger partial charge in [-0.3, -0.25) is 0 Å². The lowest BCUT2D eigenvalue weighted by Gasteiger charge is -2.31. The number of furan rings is 1. The molecule has 142 valence electrons. The molecule has 0 amide bonds. The lowest BCUT2D eigenvalue weighted by Crippen LogP contribution is -2.29. The van der Waals surface area contributed by atoms with Crippen LogP contribution in [0.25, 0.3) is 0 Å². The van der Waals surface area contributed by atoms with Crippen molar-refractivity contribution in [3.05, 3.63) is 53.8 Å². The summed E-state index contributed by atoms with van der Waals surface area (Å²) in [6.45, 7) is 0.586. The van der Waals surface area contributed by atoms with Crippen LogP contribution in [0.5, 0.6) is 0 Å². The molecule has 0 unspecified atom stereocenters. The van der Waals surface area contributed by atoms with Gasteiger partial charge in [-0.25, -0.2) is 12.7 Å². The van der Waals surface area contributed by atoms with Crippen LogP contribution in [0.15, 0.2) is 52.2 Å². The zero-order valence-corrected chi connectivity index (χ0v) is 16.3. The van der Waals surface area contributed by atoms with E-state index in [0.29, 0.717) is 12.5 Å². The Labute approximate surface area is 156 Å². The van der Waals surface area contributed by atoms with Gasteiger partial charge in [-0.05, 0) is 24.3 Å². The summed E-state index contributed by atoms with van der Waals surface area (Å²) in [7, 11) is -0.520. The highest BCUT2D eigenvalue weighted by Crippen LogP contribution is 2.34. The van der Waals surface area contributed by atoms with Gasteiger partial charge in [-0.2, -0.15) is 0 Å². The Morgan fingerprint density at radius 1 is 1.15 bits per heavy atom. The van der Waals surface area contributed by atoms with Gasteiger partial charge in [0, 0.05) is 38.3 Å². The van der Waals surface area contributed by atoms with Crippen molar-refractivity contribution in [2.24, 2.45) is 5.92 Å². The molecule has 2 aromatic rings. The zero-order valence-electron chi connectivity index (χ0n) is 15.5. The van der Waals surface area contributed by atoms with Crippen LogP contribution in [-0.2, 0) is 16.6 Å². The highest BCUT2D eigenvalue weighted by atomic mass is 32.2. The number of hydrogen-bond acceptors (Lipinski definition) is 4. The molecule has 1 atom stereocenters. The molecule has 1 fully saturated rings. The lowest BCUT2D eigenvalue weighted by atomic mass is 9.81. The van der Waals surface area contributed by atoms with Gasteiger partial charge < -0.3 is 9.73 Å². The second-order valence-electron chi connectivity index (χ2n) is 7.23. The number of nitrogens with zero attached hydrogens (tertiary/aromatic N) is 1. The molecular weight excluding hydrogens is 348 g/mol. The second kappa shape index (κ2) is 8.37. The van der Waals surface area contributed by atoms with Crippen molar-refractivity contribution in [2.45, 2.75) is 49.8 Å². The van der Waals surface area contributed by atoms with E-state index in [1.165, 1.54) is 58.0 Å². The number of sulfonamides is 1. The van der Waals surface area contributed by atoms with Gasteiger partial charge in [0.25, 0.3) is 10.0 Å². The summed E-state index contributed by atoms with van der Waals surface area (Å²) in [6.07, 6.45) is 7.90. The molecule has 0 aliphatic heterocycles. The topological polar surface area (TPSA) is 62.6 Å². The molecule has 0 spiro atoms. The van der Waals surface area contributed by atoms with Gasteiger partial charge >= 0.3 is 0 Å². The quantitative estimate of drug-likeness (QED) is 0.795. The van der Waals surface area contributed by atoms with Gasteiger partial charge in [-0.1, -0.05) is 49.6 Å². The molecule has 1 heterocycles. The van der Waals surface area contributed by atoms with Crippen LogP contribution >= 0.6 is 0 Å². The third kappa shape index (κ3) is 4.37. The van der Waals surface area contributed by atoms with Gasteiger partial charge in [0.05, 0.1) is 6.26 Å². The SMILES string of the molecule is CN(C)S(=O)(=O)c1cc(CN[C@@H](c2ccccc2)C2CCCCC2)co1. The van der Waals surface area contributed by atoms with E-state index in [4.69, 9.17) is 4.42 Å². The van der Waals surface area contributed by atoms with E-state index < -0.39 is 10.0 Å². The van der Waals surface area contributed by atoms with E-state index in [1.54, 1.807) is 6.07 Å². The minimum absolute atomic E-state index is 0.00627. The van der Waals surface area contributed by atoms with Gasteiger partial charge in [0.15, 0.2) is 0 Å². The Morgan fingerprint density at radius 3 is 2.50 bits per heavy atom.